The summed E-state index contributed by atoms with van der Waals surface area (Å²) in [7, 11) is 0. The maximum Gasteiger partial charge on any atom is 0.197 e. The van der Waals surface area contributed by atoms with Crippen LogP contribution in [0.1, 0.15) is 32.1 Å². The highest BCUT2D eigenvalue weighted by Gasteiger charge is 2.34. The van der Waals surface area contributed by atoms with Crippen molar-refractivity contribution in [3.8, 4) is 0 Å². The van der Waals surface area contributed by atoms with E-state index in [4.69, 9.17) is 0 Å². The molecule has 0 aliphatic heterocycles. The van der Waals surface area contributed by atoms with Gasteiger partial charge in [0.05, 0.1) is 6.10 Å². The van der Waals surface area contributed by atoms with Gasteiger partial charge in [-0.1, -0.05) is 6.42 Å². The summed E-state index contributed by atoms with van der Waals surface area (Å²) in [5.74, 6) is -0.175. The number of Topliss-reactive ketones (excluding diaryl/α,β-unsaturated/α-hetero) is 1. The van der Waals surface area contributed by atoms with E-state index in [9.17, 15) is 15.0 Å². The van der Waals surface area contributed by atoms with Gasteiger partial charge in [-0.25, -0.2) is 0 Å². The van der Waals surface area contributed by atoms with Crippen LogP contribution in [-0.2, 0) is 4.79 Å². The average Bonchev–Trinajstić information content (AvgIpc) is 2.62. The highest BCUT2D eigenvalue weighted by atomic mass is 16.3. The Labute approximate surface area is 77.1 Å². The molecule has 2 N–H and O–H groups in total. The fourth-order valence-corrected chi connectivity index (χ4v) is 2.37. The Morgan fingerprint density at radius 1 is 1.23 bits per heavy atom. The molecule has 0 radical (unpaired) electrons. The minimum absolute atomic E-state index is 0.0476. The maximum atomic E-state index is 11.1. The molecule has 0 aromatic rings. The topological polar surface area (TPSA) is 57.5 Å². The third kappa shape index (κ3) is 1.37. The summed E-state index contributed by atoms with van der Waals surface area (Å²) in [5, 5.41) is 19.1. The number of allylic oxidation sites excluding steroid dienone is 1. The predicted molar refractivity (Wildman–Crippen MR) is 47.2 cm³/mol. The average molecular weight is 182 g/mol. The molecule has 13 heavy (non-hydrogen) atoms. The van der Waals surface area contributed by atoms with Crippen LogP contribution >= 0.6 is 0 Å². The molecule has 72 valence electrons. The smallest absolute Gasteiger partial charge is 0.197 e. The first-order valence-corrected chi connectivity index (χ1v) is 4.83. The molecule has 1 fully saturated rings. The van der Waals surface area contributed by atoms with Gasteiger partial charge in [0.15, 0.2) is 11.5 Å². The summed E-state index contributed by atoms with van der Waals surface area (Å²) in [6, 6.07) is 0. The number of hydrogen-bond donors (Lipinski definition) is 2. The largest absolute Gasteiger partial charge is 0.504 e. The second kappa shape index (κ2) is 3.14. The van der Waals surface area contributed by atoms with E-state index in [1.807, 2.05) is 0 Å². The Kier molecular flexibility index (Phi) is 2.12. The fraction of sp³-hybridized carbons (Fsp3) is 0.700. The van der Waals surface area contributed by atoms with E-state index in [1.54, 1.807) is 0 Å². The Bertz CT molecular complexity index is 267. The van der Waals surface area contributed by atoms with Gasteiger partial charge in [0.25, 0.3) is 0 Å². The zero-order valence-electron chi connectivity index (χ0n) is 7.49. The number of aliphatic hydroxyl groups excluding tert-OH is 2. The third-order valence-electron chi connectivity index (χ3n) is 3.12. The Hall–Kier alpha value is -0.830. The molecular formula is C10H14O3. The quantitative estimate of drug-likeness (QED) is 0.643. The molecular weight excluding hydrogens is 168 g/mol. The summed E-state index contributed by atoms with van der Waals surface area (Å²) in [5.41, 5.74) is 0.801. The van der Waals surface area contributed by atoms with Crippen molar-refractivity contribution in [2.75, 3.05) is 0 Å². The van der Waals surface area contributed by atoms with Crippen molar-refractivity contribution < 1.29 is 15.0 Å². The molecule has 3 heteroatoms. The van der Waals surface area contributed by atoms with Gasteiger partial charge in [-0.15, -0.1) is 0 Å². The number of aliphatic hydroxyl groups is 2. The molecule has 2 unspecified atom stereocenters. The zero-order valence-corrected chi connectivity index (χ0v) is 7.49. The van der Waals surface area contributed by atoms with Crippen LogP contribution in [0.5, 0.6) is 0 Å². The van der Waals surface area contributed by atoms with E-state index in [-0.39, 0.29) is 23.6 Å². The van der Waals surface area contributed by atoms with Gasteiger partial charge in [-0.05, 0) is 24.8 Å². The lowest BCUT2D eigenvalue weighted by Gasteiger charge is -2.15. The van der Waals surface area contributed by atoms with E-state index in [1.165, 1.54) is 0 Å². The summed E-state index contributed by atoms with van der Waals surface area (Å²) < 4.78 is 0. The lowest BCUT2D eigenvalue weighted by molar-refractivity contribution is -0.117. The van der Waals surface area contributed by atoms with Gasteiger partial charge in [-0.3, -0.25) is 4.79 Å². The molecule has 0 amide bonds. The first-order valence-electron chi connectivity index (χ1n) is 4.83. The molecule has 0 aromatic heterocycles. The van der Waals surface area contributed by atoms with Crippen LogP contribution in [0.25, 0.3) is 0 Å². The van der Waals surface area contributed by atoms with Crippen molar-refractivity contribution in [3.05, 3.63) is 11.3 Å². The van der Waals surface area contributed by atoms with Crippen LogP contribution in [0.15, 0.2) is 11.3 Å². The molecule has 1 saturated carbocycles. The standard InChI is InChI=1S/C10H14O3/c11-8-3-1-2-6(8)7-4-5-9(12)10(7)13/h6,8,11,13H,1-5H2. The minimum Gasteiger partial charge on any atom is -0.504 e. The molecule has 0 bridgehead atoms. The van der Waals surface area contributed by atoms with Crippen LogP contribution in [0, 0.1) is 5.92 Å². The van der Waals surface area contributed by atoms with Gasteiger partial charge in [0.2, 0.25) is 0 Å². The third-order valence-corrected chi connectivity index (χ3v) is 3.12. The highest BCUT2D eigenvalue weighted by molar-refractivity contribution is 5.96. The maximum absolute atomic E-state index is 11.1. The molecule has 2 aliphatic carbocycles. The second-order valence-electron chi connectivity index (χ2n) is 3.90. The molecule has 0 spiro atoms. The van der Waals surface area contributed by atoms with Crippen LogP contribution in [0.3, 0.4) is 0 Å². The van der Waals surface area contributed by atoms with Gasteiger partial charge in [-0.2, -0.15) is 0 Å². The lowest BCUT2D eigenvalue weighted by atomic mass is 9.94. The zero-order chi connectivity index (χ0) is 9.42. The van der Waals surface area contributed by atoms with Crippen molar-refractivity contribution in [2.45, 2.75) is 38.2 Å². The van der Waals surface area contributed by atoms with Crippen molar-refractivity contribution in [1.82, 2.24) is 0 Å². The van der Waals surface area contributed by atoms with Gasteiger partial charge < -0.3 is 10.2 Å². The van der Waals surface area contributed by atoms with E-state index in [0.29, 0.717) is 12.8 Å². The SMILES string of the molecule is O=C1CCC(C2CCCC2O)=C1O. The molecule has 2 rings (SSSR count). The molecule has 2 aliphatic rings. The van der Waals surface area contributed by atoms with Crippen LogP contribution in [-0.4, -0.2) is 22.1 Å². The Balaban J connectivity index is 2.21. The van der Waals surface area contributed by atoms with Crippen molar-refractivity contribution in [3.63, 3.8) is 0 Å². The number of carbonyl (C=O) groups is 1. The summed E-state index contributed by atoms with van der Waals surface area (Å²) in [6.07, 6.45) is 3.43. The first-order chi connectivity index (χ1) is 6.20. The number of hydrogen-bond acceptors (Lipinski definition) is 3. The van der Waals surface area contributed by atoms with E-state index < -0.39 is 0 Å². The first kappa shape index (κ1) is 8.75. The van der Waals surface area contributed by atoms with E-state index in [0.717, 1.165) is 24.8 Å². The van der Waals surface area contributed by atoms with Crippen LogP contribution in [0.2, 0.25) is 0 Å². The van der Waals surface area contributed by atoms with E-state index >= 15 is 0 Å². The van der Waals surface area contributed by atoms with Crippen LogP contribution in [0.4, 0.5) is 0 Å². The van der Waals surface area contributed by atoms with E-state index in [2.05, 4.69) is 0 Å². The van der Waals surface area contributed by atoms with Crippen molar-refractivity contribution in [2.24, 2.45) is 5.92 Å². The minimum atomic E-state index is -0.344. The molecule has 2 atom stereocenters. The summed E-state index contributed by atoms with van der Waals surface area (Å²) in [4.78, 5) is 11.1. The normalized spacial score (nSPS) is 34.7. The summed E-state index contributed by atoms with van der Waals surface area (Å²) in [6.45, 7) is 0. The number of carbonyl (C=O) groups excluding carboxylic acids is 1. The molecule has 0 saturated heterocycles. The number of rotatable bonds is 1. The molecule has 3 nitrogen and oxygen atoms in total. The lowest BCUT2D eigenvalue weighted by Crippen LogP contribution is -2.15. The van der Waals surface area contributed by atoms with Gasteiger partial charge in [0, 0.05) is 12.3 Å². The summed E-state index contributed by atoms with van der Waals surface area (Å²) >= 11 is 0. The monoisotopic (exact) mass is 182 g/mol. The molecule has 0 heterocycles. The Morgan fingerprint density at radius 2 is 2.00 bits per heavy atom. The van der Waals surface area contributed by atoms with Crippen molar-refractivity contribution in [1.29, 1.82) is 0 Å². The number of ketones is 1. The highest BCUT2D eigenvalue weighted by Crippen LogP contribution is 2.38. The second-order valence-corrected chi connectivity index (χ2v) is 3.90. The fourth-order valence-electron chi connectivity index (χ4n) is 2.37. The van der Waals surface area contributed by atoms with Gasteiger partial charge >= 0.3 is 0 Å². The Morgan fingerprint density at radius 3 is 2.46 bits per heavy atom. The van der Waals surface area contributed by atoms with Crippen molar-refractivity contribution >= 4 is 5.78 Å². The van der Waals surface area contributed by atoms with Gasteiger partial charge in [0.1, 0.15) is 0 Å². The predicted octanol–water partition coefficient (Wildman–Crippen LogP) is 1.32. The van der Waals surface area contributed by atoms with Crippen LogP contribution < -0.4 is 0 Å². The molecule has 0 aromatic carbocycles.